The third-order valence-corrected chi connectivity index (χ3v) is 8.02. The molecule has 39 heavy (non-hydrogen) atoms. The van der Waals surface area contributed by atoms with Crippen LogP contribution in [0.15, 0.2) is 126 Å². The van der Waals surface area contributed by atoms with Crippen molar-refractivity contribution in [3.05, 3.63) is 127 Å². The number of aromatic nitrogens is 1. The van der Waals surface area contributed by atoms with E-state index in [1.54, 1.807) is 0 Å². The second-order valence-corrected chi connectivity index (χ2v) is 10.2. The number of hydrogen-bond acceptors (Lipinski definition) is 3. The molecule has 184 valence electrons. The number of ether oxygens (including phenoxy) is 1. The van der Waals surface area contributed by atoms with Gasteiger partial charge in [0.1, 0.15) is 16.9 Å². The maximum absolute atomic E-state index is 6.38. The molecule has 9 rings (SSSR count). The second-order valence-electron chi connectivity index (χ2n) is 10.2. The van der Waals surface area contributed by atoms with E-state index < -0.39 is 0 Å². The molecule has 0 saturated carbocycles. The van der Waals surface area contributed by atoms with Crippen molar-refractivity contribution in [1.82, 2.24) is 4.57 Å². The van der Waals surface area contributed by atoms with Gasteiger partial charge in [-0.25, -0.2) is 0 Å². The van der Waals surface area contributed by atoms with Crippen LogP contribution in [0.25, 0.3) is 60.2 Å². The van der Waals surface area contributed by atoms with Gasteiger partial charge in [-0.05, 0) is 59.3 Å². The number of fused-ring (bicyclic) bond motifs is 9. The van der Waals surface area contributed by atoms with Gasteiger partial charge in [-0.3, -0.25) is 0 Å². The first kappa shape index (κ1) is 20.8. The van der Waals surface area contributed by atoms with Gasteiger partial charge in [0.25, 0.3) is 0 Å². The van der Waals surface area contributed by atoms with Crippen LogP contribution in [-0.2, 0) is 0 Å². The molecule has 0 radical (unpaired) electrons. The third-order valence-electron chi connectivity index (χ3n) is 8.02. The van der Waals surface area contributed by atoms with Crippen LogP contribution in [-0.4, -0.2) is 4.57 Å². The van der Waals surface area contributed by atoms with E-state index in [0.29, 0.717) is 0 Å². The van der Waals surface area contributed by atoms with Crippen molar-refractivity contribution in [1.29, 1.82) is 0 Å². The van der Waals surface area contributed by atoms with Crippen molar-refractivity contribution in [2.75, 3.05) is 5.32 Å². The molecule has 8 aromatic rings. The molecule has 0 saturated heterocycles. The lowest BCUT2D eigenvalue weighted by atomic mass is 10.1. The van der Waals surface area contributed by atoms with Crippen LogP contribution in [0, 0.1) is 0 Å². The number of benzene rings is 6. The van der Waals surface area contributed by atoms with Gasteiger partial charge in [0.05, 0.1) is 22.1 Å². The largest absolute Gasteiger partial charge is 0.464 e. The Bertz CT molecular complexity index is 2240. The minimum absolute atomic E-state index is 0.268. The molecule has 1 atom stereocenters. The Morgan fingerprint density at radius 3 is 2.21 bits per heavy atom. The van der Waals surface area contributed by atoms with Crippen LogP contribution in [0.2, 0.25) is 0 Å². The summed E-state index contributed by atoms with van der Waals surface area (Å²) in [5.41, 5.74) is 7.34. The first-order valence-electron chi connectivity index (χ1n) is 13.2. The van der Waals surface area contributed by atoms with E-state index in [4.69, 9.17) is 9.15 Å². The molecular weight excluding hydrogens is 480 g/mol. The Hall–Kier alpha value is -5.22. The molecule has 4 nitrogen and oxygen atoms in total. The van der Waals surface area contributed by atoms with E-state index in [1.807, 2.05) is 30.3 Å². The lowest BCUT2D eigenvalue weighted by Crippen LogP contribution is -2.10. The first-order valence-corrected chi connectivity index (χ1v) is 13.2. The van der Waals surface area contributed by atoms with Crippen molar-refractivity contribution in [3.8, 4) is 11.4 Å². The van der Waals surface area contributed by atoms with Crippen molar-refractivity contribution in [2.24, 2.45) is 0 Å². The molecule has 4 heteroatoms. The van der Waals surface area contributed by atoms with Gasteiger partial charge in [-0.1, -0.05) is 72.8 Å². The van der Waals surface area contributed by atoms with Crippen LogP contribution in [0.3, 0.4) is 0 Å². The molecule has 0 fully saturated rings. The maximum atomic E-state index is 6.38. The number of nitrogens with zero attached hydrogens (tertiary/aromatic N) is 1. The summed E-state index contributed by atoms with van der Waals surface area (Å²) in [6.07, 6.45) is -0.268. The molecule has 6 aromatic carbocycles. The Labute approximate surface area is 223 Å². The average molecular weight is 503 g/mol. The van der Waals surface area contributed by atoms with Gasteiger partial charge in [0.15, 0.2) is 6.23 Å². The summed E-state index contributed by atoms with van der Waals surface area (Å²) < 4.78 is 14.8. The van der Waals surface area contributed by atoms with E-state index in [-0.39, 0.29) is 6.23 Å². The number of anilines is 1. The minimum Gasteiger partial charge on any atom is -0.464 e. The van der Waals surface area contributed by atoms with Gasteiger partial charge >= 0.3 is 0 Å². The van der Waals surface area contributed by atoms with Gasteiger partial charge < -0.3 is 19.0 Å². The summed E-state index contributed by atoms with van der Waals surface area (Å²) in [6.45, 7) is 0. The molecule has 0 spiro atoms. The lowest BCUT2D eigenvalue weighted by Gasteiger charge is -2.14. The molecule has 1 aliphatic rings. The molecule has 1 N–H and O–H groups in total. The minimum atomic E-state index is -0.268. The number of hydrogen-bond donors (Lipinski definition) is 1. The summed E-state index contributed by atoms with van der Waals surface area (Å²) in [5, 5.41) is 10.8. The molecule has 0 bridgehead atoms. The predicted molar refractivity (Wildman–Crippen MR) is 159 cm³/mol. The smallest absolute Gasteiger partial charge is 0.196 e. The van der Waals surface area contributed by atoms with Crippen molar-refractivity contribution in [3.63, 3.8) is 0 Å². The monoisotopic (exact) mass is 502 g/mol. The SMILES string of the molecule is c1ccc2cc3c(cc2c1)c1ccccc1n3-c1ccc(C2Nc3c(ccc4oc5ccccc5c34)O2)cc1. The number of nitrogens with one attached hydrogen (secondary N) is 1. The fourth-order valence-electron chi connectivity index (χ4n) is 6.21. The van der Waals surface area contributed by atoms with Gasteiger partial charge in [-0.15, -0.1) is 0 Å². The second kappa shape index (κ2) is 7.65. The highest BCUT2D eigenvalue weighted by molar-refractivity contribution is 6.14. The summed E-state index contributed by atoms with van der Waals surface area (Å²) in [4.78, 5) is 0. The Morgan fingerprint density at radius 1 is 0.590 bits per heavy atom. The molecule has 2 aromatic heterocycles. The Morgan fingerprint density at radius 2 is 1.33 bits per heavy atom. The van der Waals surface area contributed by atoms with Gasteiger partial charge in [-0.2, -0.15) is 0 Å². The van der Waals surface area contributed by atoms with Crippen LogP contribution in [0.4, 0.5) is 5.69 Å². The fraction of sp³-hybridized carbons (Fsp3) is 0.0286. The van der Waals surface area contributed by atoms with Crippen LogP contribution >= 0.6 is 0 Å². The predicted octanol–water partition coefficient (Wildman–Crippen LogP) is 9.34. The van der Waals surface area contributed by atoms with Crippen molar-refractivity contribution < 1.29 is 9.15 Å². The first-order chi connectivity index (χ1) is 19.3. The number of para-hydroxylation sites is 2. The summed E-state index contributed by atoms with van der Waals surface area (Å²) in [6, 6.07) is 42.6. The standard InChI is InChI=1S/C35H22N2O2/c1-2-8-23-20-29-27(19-22(23)7-1)25-9-3-5-11-28(25)37(29)24-15-13-21(14-16-24)35-36-34-32(39-35)18-17-31-33(34)26-10-4-6-12-30(26)38-31/h1-20,35-36H. The zero-order valence-corrected chi connectivity index (χ0v) is 20.9. The molecule has 1 unspecified atom stereocenters. The highest BCUT2D eigenvalue weighted by atomic mass is 16.5. The Balaban J connectivity index is 1.14. The van der Waals surface area contributed by atoms with Crippen LogP contribution in [0.5, 0.6) is 5.75 Å². The van der Waals surface area contributed by atoms with Crippen LogP contribution in [0.1, 0.15) is 11.8 Å². The lowest BCUT2D eigenvalue weighted by molar-refractivity contribution is 0.260. The summed E-state index contributed by atoms with van der Waals surface area (Å²) >= 11 is 0. The van der Waals surface area contributed by atoms with E-state index in [2.05, 4.69) is 101 Å². The summed E-state index contributed by atoms with van der Waals surface area (Å²) in [7, 11) is 0. The number of furan rings is 1. The highest BCUT2D eigenvalue weighted by Gasteiger charge is 2.27. The Kier molecular flexibility index (Phi) is 4.08. The molecular formula is C35H22N2O2. The molecule has 0 amide bonds. The maximum Gasteiger partial charge on any atom is 0.196 e. The fourth-order valence-corrected chi connectivity index (χ4v) is 6.21. The molecule has 1 aliphatic heterocycles. The normalized spacial score (nSPS) is 14.8. The van der Waals surface area contributed by atoms with Gasteiger partial charge in [0, 0.05) is 27.4 Å². The average Bonchev–Trinajstić information content (AvgIpc) is 3.67. The van der Waals surface area contributed by atoms with E-state index in [0.717, 1.165) is 44.6 Å². The van der Waals surface area contributed by atoms with Crippen molar-refractivity contribution in [2.45, 2.75) is 6.23 Å². The van der Waals surface area contributed by atoms with Crippen LogP contribution < -0.4 is 10.1 Å². The van der Waals surface area contributed by atoms with E-state index in [1.165, 1.54) is 32.6 Å². The highest BCUT2D eigenvalue weighted by Crippen LogP contribution is 2.46. The summed E-state index contributed by atoms with van der Waals surface area (Å²) in [5.74, 6) is 0.845. The molecule has 0 aliphatic carbocycles. The zero-order valence-electron chi connectivity index (χ0n) is 20.9. The molecule has 3 heterocycles. The topological polar surface area (TPSA) is 39.3 Å². The quantitative estimate of drug-likeness (QED) is 0.256. The zero-order chi connectivity index (χ0) is 25.5. The van der Waals surface area contributed by atoms with Crippen molar-refractivity contribution >= 4 is 60.2 Å². The third kappa shape index (κ3) is 2.94. The number of rotatable bonds is 2. The van der Waals surface area contributed by atoms with E-state index >= 15 is 0 Å². The van der Waals surface area contributed by atoms with E-state index in [9.17, 15) is 0 Å². The van der Waals surface area contributed by atoms with Gasteiger partial charge in [0.2, 0.25) is 0 Å².